The first kappa shape index (κ1) is 19.2. The van der Waals surface area contributed by atoms with E-state index >= 15 is 0 Å². The number of pyridine rings is 1. The Bertz CT molecular complexity index is 1130. The molecule has 4 nitrogen and oxygen atoms in total. The van der Waals surface area contributed by atoms with Crippen LogP contribution in [0.3, 0.4) is 0 Å². The molecule has 30 heavy (non-hydrogen) atoms. The molecule has 2 aliphatic rings. The highest BCUT2D eigenvalue weighted by Crippen LogP contribution is 2.36. The van der Waals surface area contributed by atoms with E-state index in [-0.39, 0.29) is 0 Å². The van der Waals surface area contributed by atoms with Gasteiger partial charge >= 0.3 is 0 Å². The van der Waals surface area contributed by atoms with Crippen molar-refractivity contribution in [2.24, 2.45) is 5.92 Å². The Morgan fingerprint density at radius 2 is 1.87 bits per heavy atom. The molecule has 0 amide bonds. The smallest absolute Gasteiger partial charge is 0.155 e. The van der Waals surface area contributed by atoms with E-state index in [0.29, 0.717) is 5.69 Å². The van der Waals surface area contributed by atoms with E-state index in [4.69, 9.17) is 4.98 Å². The number of anilines is 1. The van der Waals surface area contributed by atoms with Gasteiger partial charge in [0, 0.05) is 30.7 Å². The van der Waals surface area contributed by atoms with Gasteiger partial charge in [-0.1, -0.05) is 43.5 Å². The van der Waals surface area contributed by atoms with Gasteiger partial charge in [-0.2, -0.15) is 5.26 Å². The summed E-state index contributed by atoms with van der Waals surface area (Å²) >= 11 is 0. The third-order valence-corrected chi connectivity index (χ3v) is 7.31. The molecule has 0 atom stereocenters. The van der Waals surface area contributed by atoms with Gasteiger partial charge in [-0.15, -0.1) is 0 Å². The zero-order valence-electron chi connectivity index (χ0n) is 18.1. The highest BCUT2D eigenvalue weighted by atomic mass is 15.2. The van der Waals surface area contributed by atoms with Crippen LogP contribution < -0.4 is 4.90 Å². The Morgan fingerprint density at radius 1 is 1.10 bits per heavy atom. The molecule has 0 radical (unpaired) electrons. The summed E-state index contributed by atoms with van der Waals surface area (Å²) in [6.45, 7) is 7.31. The summed E-state index contributed by atoms with van der Waals surface area (Å²) in [5.74, 6) is 1.74. The molecule has 1 saturated carbocycles. The molecule has 0 saturated heterocycles. The maximum Gasteiger partial charge on any atom is 0.155 e. The van der Waals surface area contributed by atoms with Gasteiger partial charge in [-0.25, -0.2) is 4.98 Å². The number of nitriles is 1. The first-order valence-electron chi connectivity index (χ1n) is 11.4. The van der Waals surface area contributed by atoms with Crippen LogP contribution in [0.1, 0.15) is 60.2 Å². The molecule has 0 bridgehead atoms. The van der Waals surface area contributed by atoms with Gasteiger partial charge in [0.1, 0.15) is 11.8 Å². The van der Waals surface area contributed by atoms with Crippen molar-refractivity contribution in [3.63, 3.8) is 0 Å². The van der Waals surface area contributed by atoms with Crippen LogP contribution in [0.5, 0.6) is 0 Å². The third kappa shape index (κ3) is 3.27. The number of benzene rings is 1. The van der Waals surface area contributed by atoms with Crippen LogP contribution in [0.4, 0.5) is 5.82 Å². The zero-order valence-corrected chi connectivity index (χ0v) is 18.1. The van der Waals surface area contributed by atoms with E-state index in [2.05, 4.69) is 53.6 Å². The second kappa shape index (κ2) is 7.80. The van der Waals surface area contributed by atoms with Gasteiger partial charge in [0.2, 0.25) is 0 Å². The van der Waals surface area contributed by atoms with Crippen LogP contribution >= 0.6 is 0 Å². The van der Waals surface area contributed by atoms with Crippen molar-refractivity contribution in [3.05, 3.63) is 58.4 Å². The first-order chi connectivity index (χ1) is 14.7. The van der Waals surface area contributed by atoms with E-state index in [1.165, 1.54) is 65.4 Å². The number of rotatable bonds is 3. The van der Waals surface area contributed by atoms with Gasteiger partial charge in [0.15, 0.2) is 5.82 Å². The number of aryl methyl sites for hydroxylation is 1. The Kier molecular flexibility index (Phi) is 4.98. The highest BCUT2D eigenvalue weighted by molar-refractivity contribution is 5.94. The molecular weight excluding hydrogens is 368 g/mol. The summed E-state index contributed by atoms with van der Waals surface area (Å²) in [6.07, 6.45) is 7.77. The van der Waals surface area contributed by atoms with Crippen molar-refractivity contribution in [1.29, 1.82) is 5.26 Å². The van der Waals surface area contributed by atoms with Crippen LogP contribution in [0, 0.1) is 31.1 Å². The van der Waals surface area contributed by atoms with Gasteiger partial charge in [0.05, 0.1) is 5.52 Å². The van der Waals surface area contributed by atoms with E-state index in [0.717, 1.165) is 37.8 Å². The summed E-state index contributed by atoms with van der Waals surface area (Å²) in [4.78, 5) is 7.26. The van der Waals surface area contributed by atoms with Crippen molar-refractivity contribution in [3.8, 4) is 6.07 Å². The van der Waals surface area contributed by atoms with Crippen LogP contribution in [0.15, 0.2) is 30.3 Å². The minimum atomic E-state index is 0.522. The van der Waals surface area contributed by atoms with E-state index in [1.807, 2.05) is 6.07 Å². The summed E-state index contributed by atoms with van der Waals surface area (Å²) in [5.41, 5.74) is 7.18. The lowest BCUT2D eigenvalue weighted by Crippen LogP contribution is -2.31. The predicted molar refractivity (Wildman–Crippen MR) is 122 cm³/mol. The maximum absolute atomic E-state index is 9.67. The molecule has 1 aliphatic carbocycles. The molecule has 0 unspecified atom stereocenters. The van der Waals surface area contributed by atoms with Crippen molar-refractivity contribution >= 4 is 16.7 Å². The fraction of sp³-hybridized carbons (Fsp3) is 0.462. The minimum Gasteiger partial charge on any atom is -0.350 e. The Labute approximate surface area is 179 Å². The second-order valence-electron chi connectivity index (χ2n) is 9.10. The van der Waals surface area contributed by atoms with Crippen LogP contribution in [0.2, 0.25) is 0 Å². The van der Waals surface area contributed by atoms with E-state index < -0.39 is 0 Å². The lowest BCUT2D eigenvalue weighted by Gasteiger charge is -2.31. The van der Waals surface area contributed by atoms with Crippen molar-refractivity contribution in [2.45, 2.75) is 65.5 Å². The minimum absolute atomic E-state index is 0.522. The molecule has 1 fully saturated rings. The fourth-order valence-electron chi connectivity index (χ4n) is 5.45. The molecule has 3 heterocycles. The molecule has 0 N–H and O–H groups in total. The fourth-order valence-corrected chi connectivity index (χ4v) is 5.45. The van der Waals surface area contributed by atoms with Gasteiger partial charge in [-0.3, -0.25) is 0 Å². The molecule has 3 aromatic rings. The van der Waals surface area contributed by atoms with Crippen molar-refractivity contribution in [1.82, 2.24) is 9.55 Å². The quantitative estimate of drug-likeness (QED) is 0.571. The standard InChI is InChI=1S/C26H30N4/c1-18-19(2)30(16-20-8-4-3-5-9-20)25-24(18)14-23(15-27)28-26(25)29-13-12-21-10-6-7-11-22(21)17-29/h6-7,10-11,14,20H,3-5,8-9,12-13,16-17H2,1-2H3. The van der Waals surface area contributed by atoms with Gasteiger partial charge in [0.25, 0.3) is 0 Å². The van der Waals surface area contributed by atoms with E-state index in [9.17, 15) is 5.26 Å². The van der Waals surface area contributed by atoms with Gasteiger partial charge < -0.3 is 9.47 Å². The van der Waals surface area contributed by atoms with Crippen LogP contribution in [0.25, 0.3) is 10.9 Å². The van der Waals surface area contributed by atoms with Crippen molar-refractivity contribution in [2.75, 3.05) is 11.4 Å². The van der Waals surface area contributed by atoms with Crippen LogP contribution in [-0.2, 0) is 19.5 Å². The average molecular weight is 399 g/mol. The molecule has 1 aliphatic heterocycles. The van der Waals surface area contributed by atoms with Crippen molar-refractivity contribution < 1.29 is 0 Å². The number of hydrogen-bond acceptors (Lipinski definition) is 3. The molecule has 2 aromatic heterocycles. The first-order valence-corrected chi connectivity index (χ1v) is 11.4. The highest BCUT2D eigenvalue weighted by Gasteiger charge is 2.25. The number of nitrogens with zero attached hydrogens (tertiary/aromatic N) is 4. The maximum atomic E-state index is 9.67. The number of hydrogen-bond donors (Lipinski definition) is 0. The summed E-state index contributed by atoms with van der Waals surface area (Å²) in [5, 5.41) is 10.9. The molecule has 4 heteroatoms. The molecule has 5 rings (SSSR count). The Hall–Kier alpha value is -2.80. The zero-order chi connectivity index (χ0) is 20.7. The molecule has 1 aromatic carbocycles. The molecule has 0 spiro atoms. The topological polar surface area (TPSA) is 44.9 Å². The normalized spacial score (nSPS) is 17.2. The largest absolute Gasteiger partial charge is 0.350 e. The lowest BCUT2D eigenvalue weighted by molar-refractivity contribution is 0.321. The number of aromatic nitrogens is 2. The lowest BCUT2D eigenvalue weighted by atomic mass is 9.89. The monoisotopic (exact) mass is 398 g/mol. The second-order valence-corrected chi connectivity index (χ2v) is 9.10. The van der Waals surface area contributed by atoms with Gasteiger partial charge in [-0.05, 0) is 61.8 Å². The van der Waals surface area contributed by atoms with Crippen LogP contribution in [-0.4, -0.2) is 16.1 Å². The Balaban J connectivity index is 1.63. The SMILES string of the molecule is Cc1c(C)n(CC2CCCCC2)c2c(N3CCc4ccccc4C3)nc(C#N)cc12. The number of fused-ring (bicyclic) bond motifs is 2. The predicted octanol–water partition coefficient (Wildman–Crippen LogP) is 5.67. The molecular formula is C26H30N4. The molecule has 154 valence electrons. The third-order valence-electron chi connectivity index (χ3n) is 7.31. The summed E-state index contributed by atoms with van der Waals surface area (Å²) < 4.78 is 2.52. The Morgan fingerprint density at radius 3 is 2.63 bits per heavy atom. The summed E-state index contributed by atoms with van der Waals surface area (Å²) in [7, 11) is 0. The average Bonchev–Trinajstić information content (AvgIpc) is 3.03. The summed E-state index contributed by atoms with van der Waals surface area (Å²) in [6, 6.07) is 13.0. The van der Waals surface area contributed by atoms with E-state index in [1.54, 1.807) is 0 Å².